The maximum Gasteiger partial charge on any atom is 0.251 e. The molecule has 1 aromatic rings. The zero-order chi connectivity index (χ0) is 16.9. The number of nitrogens with one attached hydrogen (secondary N) is 1. The van der Waals surface area contributed by atoms with Gasteiger partial charge >= 0.3 is 0 Å². The van der Waals surface area contributed by atoms with Gasteiger partial charge in [0.15, 0.2) is 12.3 Å². The van der Waals surface area contributed by atoms with Crippen LogP contribution in [0.3, 0.4) is 0 Å². The van der Waals surface area contributed by atoms with Gasteiger partial charge in [0.25, 0.3) is 5.91 Å². The monoisotopic (exact) mass is 326 g/mol. The van der Waals surface area contributed by atoms with Crippen molar-refractivity contribution in [2.75, 3.05) is 37.7 Å². The van der Waals surface area contributed by atoms with E-state index in [0.29, 0.717) is 31.8 Å². The Kier molecular flexibility index (Phi) is 4.78. The topological polar surface area (TPSA) is 105 Å². The zero-order valence-electron chi connectivity index (χ0n) is 13.2. The number of amides is 1. The average molecular weight is 326 g/mol. The van der Waals surface area contributed by atoms with E-state index in [4.69, 9.17) is 15.3 Å². The highest BCUT2D eigenvalue weighted by Gasteiger charge is 2.30. The van der Waals surface area contributed by atoms with Crippen molar-refractivity contribution in [3.8, 4) is 12.3 Å². The number of nitriles is 2. The number of rotatable bonds is 3. The van der Waals surface area contributed by atoms with Crippen LogP contribution in [0.2, 0.25) is 0 Å². The summed E-state index contributed by atoms with van der Waals surface area (Å²) in [6, 6.07) is 5.52. The lowest BCUT2D eigenvalue weighted by Gasteiger charge is -2.29. The molecule has 24 heavy (non-hydrogen) atoms. The number of hydrogen-bond acceptors (Lipinski definition) is 7. The lowest BCUT2D eigenvalue weighted by Crippen LogP contribution is -2.51. The minimum absolute atomic E-state index is 0.00565. The molecule has 3 heterocycles. The van der Waals surface area contributed by atoms with Crippen LogP contribution in [-0.2, 0) is 9.53 Å². The molecule has 1 aromatic heterocycles. The molecule has 0 saturated carbocycles. The molecule has 2 saturated heterocycles. The third kappa shape index (κ3) is 3.55. The van der Waals surface area contributed by atoms with Crippen molar-refractivity contribution in [1.82, 2.24) is 15.2 Å². The quantitative estimate of drug-likeness (QED) is 0.769. The Morgan fingerprint density at radius 1 is 1.38 bits per heavy atom. The molecule has 2 aliphatic rings. The second-order valence-electron chi connectivity index (χ2n) is 5.86. The number of carbonyl (C=O) groups excluding carboxylic acids is 1. The van der Waals surface area contributed by atoms with Crippen molar-refractivity contribution in [1.29, 1.82) is 10.5 Å². The molecule has 1 N–H and O–H groups in total. The summed E-state index contributed by atoms with van der Waals surface area (Å²) in [5.74, 6) is 0.566. The Bertz CT molecular complexity index is 695. The zero-order valence-corrected chi connectivity index (χ0v) is 13.2. The summed E-state index contributed by atoms with van der Waals surface area (Å²) < 4.78 is 5.46. The Hall–Kier alpha value is -2.84. The predicted molar refractivity (Wildman–Crippen MR) is 84.6 cm³/mol. The molecular weight excluding hydrogens is 308 g/mol. The van der Waals surface area contributed by atoms with E-state index in [-0.39, 0.29) is 11.9 Å². The number of ether oxygens (including phenoxy) is 1. The van der Waals surface area contributed by atoms with Crippen molar-refractivity contribution in [2.45, 2.75) is 18.6 Å². The maximum atomic E-state index is 12.3. The molecular formula is C16H18N6O2. The molecule has 0 spiro atoms. The fraction of sp³-hybridized carbons (Fsp3) is 0.500. The number of morpholine rings is 1. The Morgan fingerprint density at radius 3 is 3.04 bits per heavy atom. The van der Waals surface area contributed by atoms with E-state index in [1.807, 2.05) is 0 Å². The van der Waals surface area contributed by atoms with E-state index in [1.165, 1.54) is 4.90 Å². The van der Waals surface area contributed by atoms with Crippen LogP contribution in [0.15, 0.2) is 18.3 Å². The molecule has 3 rings (SSSR count). The molecule has 0 bridgehead atoms. The van der Waals surface area contributed by atoms with E-state index in [2.05, 4.69) is 27.5 Å². The molecule has 8 heteroatoms. The summed E-state index contributed by atoms with van der Waals surface area (Å²) in [5.41, 5.74) is 0.569. The fourth-order valence-electron chi connectivity index (χ4n) is 2.94. The van der Waals surface area contributed by atoms with Crippen LogP contribution in [0.25, 0.3) is 0 Å². The first-order chi connectivity index (χ1) is 11.7. The van der Waals surface area contributed by atoms with E-state index in [1.54, 1.807) is 18.3 Å². The van der Waals surface area contributed by atoms with E-state index >= 15 is 0 Å². The first kappa shape index (κ1) is 16.0. The van der Waals surface area contributed by atoms with Crippen LogP contribution in [0.4, 0.5) is 5.82 Å². The first-order valence-corrected chi connectivity index (χ1v) is 7.87. The Balaban J connectivity index is 1.55. The lowest BCUT2D eigenvalue weighted by atomic mass is 10.2. The molecule has 2 fully saturated rings. The smallest absolute Gasteiger partial charge is 0.251 e. The van der Waals surface area contributed by atoms with Gasteiger partial charge in [-0.25, -0.2) is 4.98 Å². The second kappa shape index (κ2) is 7.16. The Morgan fingerprint density at radius 2 is 2.25 bits per heavy atom. The van der Waals surface area contributed by atoms with Crippen LogP contribution in [0.1, 0.15) is 12.0 Å². The number of nitrogens with zero attached hydrogens (tertiary/aromatic N) is 5. The minimum atomic E-state index is -0.604. The standard InChI is InChI=1S/C16H18N6O2/c17-8-12-1-3-19-15(7-12)22-4-2-13(9-22)20-16(23)14-10-21(11-18)5-6-24-14/h1,3,7,13-14H,2,4-6,9-10H2,(H,20,23). The van der Waals surface area contributed by atoms with Gasteiger partial charge in [-0.15, -0.1) is 0 Å². The van der Waals surface area contributed by atoms with Gasteiger partial charge in [-0.2, -0.15) is 10.5 Å². The minimum Gasteiger partial charge on any atom is -0.365 e. The summed E-state index contributed by atoms with van der Waals surface area (Å²) in [5, 5.41) is 20.9. The molecule has 1 amide bonds. The lowest BCUT2D eigenvalue weighted by molar-refractivity contribution is -0.137. The number of hydrogen-bond donors (Lipinski definition) is 1. The van der Waals surface area contributed by atoms with Gasteiger partial charge in [-0.3, -0.25) is 4.79 Å². The van der Waals surface area contributed by atoms with Gasteiger partial charge in [0.05, 0.1) is 31.3 Å². The van der Waals surface area contributed by atoms with Gasteiger partial charge in [-0.1, -0.05) is 0 Å². The van der Waals surface area contributed by atoms with Crippen molar-refractivity contribution < 1.29 is 9.53 Å². The molecule has 2 aliphatic heterocycles. The van der Waals surface area contributed by atoms with Crippen LogP contribution in [0.5, 0.6) is 0 Å². The van der Waals surface area contributed by atoms with Gasteiger partial charge in [0, 0.05) is 25.3 Å². The molecule has 8 nitrogen and oxygen atoms in total. The third-order valence-electron chi connectivity index (χ3n) is 4.23. The molecule has 0 radical (unpaired) electrons. The summed E-state index contributed by atoms with van der Waals surface area (Å²) in [4.78, 5) is 20.2. The van der Waals surface area contributed by atoms with Crippen molar-refractivity contribution >= 4 is 11.7 Å². The maximum absolute atomic E-state index is 12.3. The summed E-state index contributed by atoms with van der Waals surface area (Å²) >= 11 is 0. The summed E-state index contributed by atoms with van der Waals surface area (Å²) in [6.45, 7) is 2.61. The molecule has 124 valence electrons. The van der Waals surface area contributed by atoms with Crippen molar-refractivity contribution in [3.63, 3.8) is 0 Å². The second-order valence-corrected chi connectivity index (χ2v) is 5.86. The van der Waals surface area contributed by atoms with Gasteiger partial charge in [0.2, 0.25) is 0 Å². The molecule has 2 atom stereocenters. The highest BCUT2D eigenvalue weighted by molar-refractivity contribution is 5.81. The van der Waals surface area contributed by atoms with Crippen LogP contribution in [-0.4, -0.2) is 60.7 Å². The molecule has 2 unspecified atom stereocenters. The predicted octanol–water partition coefficient (Wildman–Crippen LogP) is -0.170. The van der Waals surface area contributed by atoms with Crippen molar-refractivity contribution in [3.05, 3.63) is 23.9 Å². The largest absolute Gasteiger partial charge is 0.365 e. The first-order valence-electron chi connectivity index (χ1n) is 7.87. The van der Waals surface area contributed by atoms with Crippen molar-refractivity contribution in [2.24, 2.45) is 0 Å². The highest BCUT2D eigenvalue weighted by atomic mass is 16.5. The summed E-state index contributed by atoms with van der Waals surface area (Å²) in [6.07, 6.45) is 3.87. The van der Waals surface area contributed by atoms with Crippen LogP contribution < -0.4 is 10.2 Å². The van der Waals surface area contributed by atoms with E-state index in [9.17, 15) is 4.79 Å². The van der Waals surface area contributed by atoms with E-state index in [0.717, 1.165) is 18.8 Å². The number of pyridine rings is 1. The third-order valence-corrected chi connectivity index (χ3v) is 4.23. The van der Waals surface area contributed by atoms with Crippen LogP contribution >= 0.6 is 0 Å². The van der Waals surface area contributed by atoms with Gasteiger partial charge in [-0.05, 0) is 18.6 Å². The number of carbonyl (C=O) groups is 1. The van der Waals surface area contributed by atoms with E-state index < -0.39 is 6.10 Å². The fourth-order valence-corrected chi connectivity index (χ4v) is 2.94. The molecule has 0 aliphatic carbocycles. The summed E-state index contributed by atoms with van der Waals surface area (Å²) in [7, 11) is 0. The SMILES string of the molecule is N#Cc1ccnc(N2CCC(NC(=O)C3CN(C#N)CCO3)C2)c1. The highest BCUT2D eigenvalue weighted by Crippen LogP contribution is 2.19. The number of aromatic nitrogens is 1. The molecule has 0 aromatic carbocycles. The Labute approximate surface area is 140 Å². The van der Waals surface area contributed by atoms with Gasteiger partial charge in [0.1, 0.15) is 5.82 Å². The van der Waals surface area contributed by atoms with Gasteiger partial charge < -0.3 is 19.9 Å². The average Bonchev–Trinajstić information content (AvgIpc) is 3.10. The van der Waals surface area contributed by atoms with Crippen LogP contribution in [0, 0.1) is 22.8 Å². The number of anilines is 1. The normalized spacial score (nSPS) is 23.4.